The Hall–Kier alpha value is -1.15. The number of aliphatic hydroxyl groups excluding tert-OH is 1. The summed E-state index contributed by atoms with van der Waals surface area (Å²) in [7, 11) is 0. The van der Waals surface area contributed by atoms with Gasteiger partial charge in [0.15, 0.2) is 5.78 Å². The van der Waals surface area contributed by atoms with Crippen LogP contribution in [0.4, 0.5) is 0 Å². The van der Waals surface area contributed by atoms with Crippen LogP contribution in [-0.4, -0.2) is 10.9 Å². The molecule has 2 heteroatoms. The lowest BCUT2D eigenvalue weighted by molar-refractivity contribution is 0.101. The van der Waals surface area contributed by atoms with Gasteiger partial charge in [0, 0.05) is 5.56 Å². The highest BCUT2D eigenvalue weighted by Crippen LogP contribution is 2.30. The lowest BCUT2D eigenvalue weighted by Crippen LogP contribution is -2.10. The van der Waals surface area contributed by atoms with Crippen molar-refractivity contribution in [2.24, 2.45) is 0 Å². The first-order valence-corrected chi connectivity index (χ1v) is 5.00. The van der Waals surface area contributed by atoms with Gasteiger partial charge in [0.2, 0.25) is 0 Å². The molecule has 0 aromatic heterocycles. The Kier molecular flexibility index (Phi) is 2.38. The predicted octanol–water partition coefficient (Wildman–Crippen LogP) is 2.26. The maximum atomic E-state index is 11.2. The van der Waals surface area contributed by atoms with Gasteiger partial charge in [-0.05, 0) is 43.4 Å². The molecule has 0 heterocycles. The predicted molar refractivity (Wildman–Crippen MR) is 54.3 cm³/mol. The van der Waals surface area contributed by atoms with Crippen molar-refractivity contribution in [2.45, 2.75) is 32.3 Å². The number of fused-ring (bicyclic) bond motifs is 1. The first kappa shape index (κ1) is 9.41. The zero-order chi connectivity index (χ0) is 10.1. The molecule has 1 aromatic carbocycles. The van der Waals surface area contributed by atoms with Crippen LogP contribution in [0.15, 0.2) is 18.2 Å². The quantitative estimate of drug-likeness (QED) is 0.690. The molecule has 0 fully saturated rings. The van der Waals surface area contributed by atoms with Crippen molar-refractivity contribution >= 4 is 5.78 Å². The van der Waals surface area contributed by atoms with E-state index in [1.165, 1.54) is 5.56 Å². The molecule has 1 aromatic rings. The number of ketones is 1. The average Bonchev–Trinajstić information content (AvgIpc) is 2.18. The molecule has 1 N–H and O–H groups in total. The summed E-state index contributed by atoms with van der Waals surface area (Å²) >= 11 is 0. The van der Waals surface area contributed by atoms with Crippen LogP contribution in [0, 0.1) is 0 Å². The number of Topliss-reactive ketones (excluding diaryl/α,β-unsaturated/α-hetero) is 1. The van der Waals surface area contributed by atoms with Crippen molar-refractivity contribution in [2.75, 3.05) is 0 Å². The SMILES string of the molecule is CC(=O)c1ccc2c(c1)C(O)CCC2. The number of benzene rings is 1. The molecule has 1 unspecified atom stereocenters. The summed E-state index contributed by atoms with van der Waals surface area (Å²) < 4.78 is 0. The maximum Gasteiger partial charge on any atom is 0.159 e. The van der Waals surface area contributed by atoms with Crippen molar-refractivity contribution in [1.82, 2.24) is 0 Å². The summed E-state index contributed by atoms with van der Waals surface area (Å²) in [6.07, 6.45) is 2.49. The Morgan fingerprint density at radius 3 is 3.00 bits per heavy atom. The third kappa shape index (κ3) is 1.58. The van der Waals surface area contributed by atoms with E-state index in [1.807, 2.05) is 18.2 Å². The van der Waals surface area contributed by atoms with Crippen molar-refractivity contribution in [1.29, 1.82) is 0 Å². The summed E-state index contributed by atoms with van der Waals surface area (Å²) in [5.74, 6) is 0.0607. The van der Waals surface area contributed by atoms with E-state index in [4.69, 9.17) is 0 Å². The van der Waals surface area contributed by atoms with Gasteiger partial charge in [0.1, 0.15) is 0 Å². The molecule has 0 radical (unpaired) electrons. The van der Waals surface area contributed by atoms with Crippen LogP contribution in [0.1, 0.15) is 47.4 Å². The van der Waals surface area contributed by atoms with Gasteiger partial charge in [-0.2, -0.15) is 0 Å². The van der Waals surface area contributed by atoms with Gasteiger partial charge in [0.05, 0.1) is 6.10 Å². The van der Waals surface area contributed by atoms with Crippen molar-refractivity contribution < 1.29 is 9.90 Å². The van der Waals surface area contributed by atoms with Crippen molar-refractivity contribution in [3.8, 4) is 0 Å². The maximum absolute atomic E-state index is 11.2. The summed E-state index contributed by atoms with van der Waals surface area (Å²) in [4.78, 5) is 11.2. The van der Waals surface area contributed by atoms with Gasteiger partial charge >= 0.3 is 0 Å². The number of carbonyl (C=O) groups excluding carboxylic acids is 1. The molecule has 1 aliphatic rings. The summed E-state index contributed by atoms with van der Waals surface area (Å²) in [5.41, 5.74) is 2.84. The van der Waals surface area contributed by atoms with Crippen molar-refractivity contribution in [3.05, 3.63) is 34.9 Å². The summed E-state index contributed by atoms with van der Waals surface area (Å²) in [6.45, 7) is 1.55. The van der Waals surface area contributed by atoms with Crippen LogP contribution in [0.3, 0.4) is 0 Å². The third-order valence-corrected chi connectivity index (χ3v) is 2.84. The number of carbonyl (C=O) groups is 1. The molecule has 1 atom stereocenters. The second kappa shape index (κ2) is 3.54. The molecule has 0 saturated heterocycles. The van der Waals surface area contributed by atoms with Gasteiger partial charge in [-0.25, -0.2) is 0 Å². The molecule has 2 nitrogen and oxygen atoms in total. The van der Waals surface area contributed by atoms with Crippen LogP contribution < -0.4 is 0 Å². The van der Waals surface area contributed by atoms with E-state index in [0.717, 1.165) is 24.8 Å². The zero-order valence-corrected chi connectivity index (χ0v) is 8.29. The van der Waals surface area contributed by atoms with Crippen LogP contribution in [0.5, 0.6) is 0 Å². The Balaban J connectivity index is 2.45. The van der Waals surface area contributed by atoms with E-state index in [1.54, 1.807) is 6.92 Å². The largest absolute Gasteiger partial charge is 0.388 e. The van der Waals surface area contributed by atoms with Crippen LogP contribution >= 0.6 is 0 Å². The minimum Gasteiger partial charge on any atom is -0.388 e. The molecule has 14 heavy (non-hydrogen) atoms. The van der Waals surface area contributed by atoms with Crippen LogP contribution in [0.25, 0.3) is 0 Å². The first-order chi connectivity index (χ1) is 6.68. The summed E-state index contributed by atoms with van der Waals surface area (Å²) in [5, 5.41) is 9.76. The highest BCUT2D eigenvalue weighted by molar-refractivity contribution is 5.94. The van der Waals surface area contributed by atoms with E-state index < -0.39 is 0 Å². The lowest BCUT2D eigenvalue weighted by Gasteiger charge is -2.21. The molecule has 0 bridgehead atoms. The zero-order valence-electron chi connectivity index (χ0n) is 8.29. The molecule has 74 valence electrons. The van der Waals surface area contributed by atoms with Gasteiger partial charge in [-0.3, -0.25) is 4.79 Å². The monoisotopic (exact) mass is 190 g/mol. The summed E-state index contributed by atoms with van der Waals surface area (Å²) in [6, 6.07) is 5.65. The Bertz CT molecular complexity index is 369. The van der Waals surface area contributed by atoms with Gasteiger partial charge < -0.3 is 5.11 Å². The Morgan fingerprint density at radius 2 is 2.29 bits per heavy atom. The molecular weight excluding hydrogens is 176 g/mol. The molecule has 2 rings (SSSR count). The fraction of sp³-hybridized carbons (Fsp3) is 0.417. The number of aryl methyl sites for hydroxylation is 1. The van der Waals surface area contributed by atoms with Gasteiger partial charge in [-0.15, -0.1) is 0 Å². The topological polar surface area (TPSA) is 37.3 Å². The third-order valence-electron chi connectivity index (χ3n) is 2.84. The fourth-order valence-electron chi connectivity index (χ4n) is 1.99. The molecule has 0 spiro atoms. The number of hydrogen-bond donors (Lipinski definition) is 1. The lowest BCUT2D eigenvalue weighted by atomic mass is 9.88. The standard InChI is InChI=1S/C12H14O2/c1-8(13)10-6-5-9-3-2-4-12(14)11(9)7-10/h5-7,12,14H,2-4H2,1H3. The van der Waals surface area contributed by atoms with Crippen LogP contribution in [0.2, 0.25) is 0 Å². The smallest absolute Gasteiger partial charge is 0.159 e. The van der Waals surface area contributed by atoms with Crippen LogP contribution in [-0.2, 0) is 6.42 Å². The molecule has 0 amide bonds. The molecular formula is C12H14O2. The molecule has 0 saturated carbocycles. The highest BCUT2D eigenvalue weighted by atomic mass is 16.3. The fourth-order valence-corrected chi connectivity index (χ4v) is 1.99. The van der Waals surface area contributed by atoms with E-state index in [-0.39, 0.29) is 11.9 Å². The Labute approximate surface area is 83.6 Å². The average molecular weight is 190 g/mol. The molecule has 0 aliphatic heterocycles. The second-order valence-electron chi connectivity index (χ2n) is 3.88. The van der Waals surface area contributed by atoms with Gasteiger partial charge in [0.25, 0.3) is 0 Å². The highest BCUT2D eigenvalue weighted by Gasteiger charge is 2.18. The van der Waals surface area contributed by atoms with E-state index in [2.05, 4.69) is 0 Å². The number of aliphatic hydroxyl groups is 1. The minimum absolute atomic E-state index is 0.0607. The molecule has 1 aliphatic carbocycles. The normalized spacial score (nSPS) is 20.3. The second-order valence-corrected chi connectivity index (χ2v) is 3.88. The number of hydrogen-bond acceptors (Lipinski definition) is 2. The number of rotatable bonds is 1. The van der Waals surface area contributed by atoms with E-state index in [0.29, 0.717) is 5.56 Å². The van der Waals surface area contributed by atoms with Crippen molar-refractivity contribution in [3.63, 3.8) is 0 Å². The Morgan fingerprint density at radius 1 is 1.50 bits per heavy atom. The van der Waals surface area contributed by atoms with Gasteiger partial charge in [-0.1, -0.05) is 12.1 Å². The minimum atomic E-state index is -0.377. The van der Waals surface area contributed by atoms with E-state index in [9.17, 15) is 9.90 Å². The first-order valence-electron chi connectivity index (χ1n) is 5.00. The van der Waals surface area contributed by atoms with E-state index >= 15 is 0 Å².